The van der Waals surface area contributed by atoms with Crippen molar-refractivity contribution in [1.29, 1.82) is 0 Å². The van der Waals surface area contributed by atoms with Gasteiger partial charge in [0.05, 0.1) is 0 Å². The smallest absolute Gasteiger partial charge is 0.00703 e. The average molecular weight is 195 g/mol. The van der Waals surface area contributed by atoms with Crippen molar-refractivity contribution in [1.82, 2.24) is 5.32 Å². The number of rotatable bonds is 7. The minimum Gasteiger partial charge on any atom is -0.311 e. The molecule has 0 amide bonds. The van der Waals surface area contributed by atoms with Crippen LogP contribution in [0, 0.1) is 0 Å². The van der Waals surface area contributed by atoms with Crippen LogP contribution in [0.25, 0.3) is 0 Å². The fourth-order valence-electron chi connectivity index (χ4n) is 2.32. The van der Waals surface area contributed by atoms with Gasteiger partial charge in [0, 0.05) is 12.1 Å². The lowest BCUT2D eigenvalue weighted by Crippen LogP contribution is -2.29. The van der Waals surface area contributed by atoms with Crippen molar-refractivity contribution in [3.63, 3.8) is 0 Å². The van der Waals surface area contributed by atoms with Gasteiger partial charge in [0.2, 0.25) is 0 Å². The monoisotopic (exact) mass is 195 g/mol. The highest BCUT2D eigenvalue weighted by Gasteiger charge is 2.21. The summed E-state index contributed by atoms with van der Waals surface area (Å²) in [7, 11) is 0. The molecule has 1 heteroatoms. The van der Waals surface area contributed by atoms with Crippen LogP contribution in [0.2, 0.25) is 0 Å². The maximum absolute atomic E-state index is 3.76. The van der Waals surface area contributed by atoms with Crippen molar-refractivity contribution in [3.8, 4) is 0 Å². The van der Waals surface area contributed by atoms with Crippen LogP contribution in [0.15, 0.2) is 12.7 Å². The van der Waals surface area contributed by atoms with Crippen molar-refractivity contribution in [2.75, 3.05) is 0 Å². The van der Waals surface area contributed by atoms with Crippen LogP contribution in [-0.4, -0.2) is 12.1 Å². The first kappa shape index (κ1) is 11.8. The summed E-state index contributed by atoms with van der Waals surface area (Å²) < 4.78 is 0. The SMILES string of the molecule is C=CCCC[C@@H]1CC[C@@H](CCCC)N1. The second-order valence-electron chi connectivity index (χ2n) is 4.50. The molecule has 0 bridgehead atoms. The van der Waals surface area contributed by atoms with Gasteiger partial charge in [-0.2, -0.15) is 0 Å². The topological polar surface area (TPSA) is 12.0 Å². The molecule has 1 aliphatic rings. The lowest BCUT2D eigenvalue weighted by molar-refractivity contribution is 0.472. The molecule has 2 atom stereocenters. The lowest BCUT2D eigenvalue weighted by Gasteiger charge is -2.13. The Labute approximate surface area is 89.0 Å². The summed E-state index contributed by atoms with van der Waals surface area (Å²) in [4.78, 5) is 0. The van der Waals surface area contributed by atoms with E-state index in [1.165, 1.54) is 51.4 Å². The fraction of sp³-hybridized carbons (Fsp3) is 0.846. The van der Waals surface area contributed by atoms with E-state index in [1.54, 1.807) is 0 Å². The predicted octanol–water partition coefficient (Wildman–Crippen LogP) is 3.65. The zero-order valence-corrected chi connectivity index (χ0v) is 9.60. The summed E-state index contributed by atoms with van der Waals surface area (Å²) in [6.45, 7) is 6.03. The highest BCUT2D eigenvalue weighted by atomic mass is 15.0. The zero-order chi connectivity index (χ0) is 10.2. The molecule has 1 heterocycles. The summed E-state index contributed by atoms with van der Waals surface area (Å²) in [5.41, 5.74) is 0. The number of unbranched alkanes of at least 4 members (excludes halogenated alkanes) is 2. The third kappa shape index (κ3) is 4.28. The fourth-order valence-corrected chi connectivity index (χ4v) is 2.32. The molecule has 82 valence electrons. The maximum Gasteiger partial charge on any atom is 0.00703 e. The van der Waals surface area contributed by atoms with Gasteiger partial charge in [0.25, 0.3) is 0 Å². The first-order valence-electron chi connectivity index (χ1n) is 6.23. The van der Waals surface area contributed by atoms with E-state index in [4.69, 9.17) is 0 Å². The summed E-state index contributed by atoms with van der Waals surface area (Å²) >= 11 is 0. The van der Waals surface area contributed by atoms with Gasteiger partial charge >= 0.3 is 0 Å². The van der Waals surface area contributed by atoms with Gasteiger partial charge in [0.1, 0.15) is 0 Å². The Hall–Kier alpha value is -0.300. The minimum absolute atomic E-state index is 0.803. The molecule has 0 unspecified atom stereocenters. The molecule has 0 aromatic rings. The van der Waals surface area contributed by atoms with Gasteiger partial charge < -0.3 is 5.32 Å². The first-order valence-corrected chi connectivity index (χ1v) is 6.23. The van der Waals surface area contributed by atoms with E-state index in [0.29, 0.717) is 0 Å². The normalized spacial score (nSPS) is 26.6. The summed E-state index contributed by atoms with van der Waals surface area (Å²) in [6.07, 6.45) is 12.8. The molecule has 0 spiro atoms. The molecule has 1 saturated heterocycles. The Bertz CT molecular complexity index is 153. The van der Waals surface area contributed by atoms with E-state index in [1.807, 2.05) is 6.08 Å². The first-order chi connectivity index (χ1) is 6.86. The van der Waals surface area contributed by atoms with Gasteiger partial charge in [-0.3, -0.25) is 0 Å². The maximum atomic E-state index is 3.76. The number of hydrogen-bond acceptors (Lipinski definition) is 1. The zero-order valence-electron chi connectivity index (χ0n) is 9.60. The summed E-state index contributed by atoms with van der Waals surface area (Å²) in [5.74, 6) is 0. The van der Waals surface area contributed by atoms with E-state index in [0.717, 1.165) is 12.1 Å². The van der Waals surface area contributed by atoms with Crippen molar-refractivity contribution >= 4 is 0 Å². The van der Waals surface area contributed by atoms with E-state index in [-0.39, 0.29) is 0 Å². The van der Waals surface area contributed by atoms with Crippen LogP contribution in [0.5, 0.6) is 0 Å². The van der Waals surface area contributed by atoms with Gasteiger partial charge in [0.15, 0.2) is 0 Å². The predicted molar refractivity (Wildman–Crippen MR) is 63.5 cm³/mol. The Kier molecular flexibility index (Phi) is 5.93. The second kappa shape index (κ2) is 7.05. The number of allylic oxidation sites excluding steroid dienone is 1. The Morgan fingerprint density at radius 1 is 1.21 bits per heavy atom. The molecule has 0 aliphatic carbocycles. The molecule has 0 aromatic heterocycles. The van der Waals surface area contributed by atoms with Crippen molar-refractivity contribution < 1.29 is 0 Å². The highest BCUT2D eigenvalue weighted by molar-refractivity contribution is 4.83. The Morgan fingerprint density at radius 3 is 2.43 bits per heavy atom. The van der Waals surface area contributed by atoms with Crippen molar-refractivity contribution in [2.24, 2.45) is 0 Å². The van der Waals surface area contributed by atoms with Crippen LogP contribution in [0.4, 0.5) is 0 Å². The third-order valence-electron chi connectivity index (χ3n) is 3.20. The average Bonchev–Trinajstić information content (AvgIpc) is 2.63. The largest absolute Gasteiger partial charge is 0.311 e. The molecule has 14 heavy (non-hydrogen) atoms. The molecule has 1 fully saturated rings. The van der Waals surface area contributed by atoms with E-state index < -0.39 is 0 Å². The van der Waals surface area contributed by atoms with Gasteiger partial charge in [-0.05, 0) is 38.5 Å². The van der Waals surface area contributed by atoms with E-state index >= 15 is 0 Å². The van der Waals surface area contributed by atoms with Gasteiger partial charge in [-0.15, -0.1) is 6.58 Å². The van der Waals surface area contributed by atoms with Gasteiger partial charge in [-0.25, -0.2) is 0 Å². The van der Waals surface area contributed by atoms with Crippen LogP contribution in [0.1, 0.15) is 58.3 Å². The molecule has 1 nitrogen and oxygen atoms in total. The Balaban J connectivity index is 2.04. The third-order valence-corrected chi connectivity index (χ3v) is 3.20. The molecule has 0 aromatic carbocycles. The molecule has 0 saturated carbocycles. The van der Waals surface area contributed by atoms with E-state index in [2.05, 4.69) is 18.8 Å². The summed E-state index contributed by atoms with van der Waals surface area (Å²) in [5, 5.41) is 3.75. The van der Waals surface area contributed by atoms with Gasteiger partial charge in [-0.1, -0.05) is 25.8 Å². The van der Waals surface area contributed by atoms with Crippen LogP contribution in [-0.2, 0) is 0 Å². The molecule has 1 N–H and O–H groups in total. The second-order valence-corrected chi connectivity index (χ2v) is 4.50. The molecular weight excluding hydrogens is 170 g/mol. The molecule has 1 aliphatic heterocycles. The number of nitrogens with one attached hydrogen (secondary N) is 1. The quantitative estimate of drug-likeness (QED) is 0.483. The van der Waals surface area contributed by atoms with E-state index in [9.17, 15) is 0 Å². The number of hydrogen-bond donors (Lipinski definition) is 1. The lowest BCUT2D eigenvalue weighted by atomic mass is 10.1. The standard InChI is InChI=1S/C13H25N/c1-3-5-7-9-13-11-10-12(14-13)8-6-4-2/h3,12-14H,1,4-11H2,2H3/t12-,13-/m1/s1. The summed E-state index contributed by atoms with van der Waals surface area (Å²) in [6, 6.07) is 1.63. The van der Waals surface area contributed by atoms with Crippen LogP contribution in [0.3, 0.4) is 0 Å². The van der Waals surface area contributed by atoms with Crippen molar-refractivity contribution in [2.45, 2.75) is 70.4 Å². The Morgan fingerprint density at radius 2 is 1.86 bits per heavy atom. The van der Waals surface area contributed by atoms with Crippen molar-refractivity contribution in [3.05, 3.63) is 12.7 Å². The van der Waals surface area contributed by atoms with Crippen LogP contribution >= 0.6 is 0 Å². The van der Waals surface area contributed by atoms with Crippen LogP contribution < -0.4 is 5.32 Å². The minimum atomic E-state index is 0.803. The molecule has 1 rings (SSSR count). The molecular formula is C13H25N. The molecule has 0 radical (unpaired) electrons. The highest BCUT2D eigenvalue weighted by Crippen LogP contribution is 2.20.